The van der Waals surface area contributed by atoms with Crippen molar-refractivity contribution < 1.29 is 47.9 Å². The van der Waals surface area contributed by atoms with E-state index in [9.17, 15) is 19.5 Å². The maximum absolute atomic E-state index is 14.1. The Hall–Kier alpha value is -7.07. The SMILES string of the molecule is CCCCC[C@H]1CC[C@H]([C@H]2CC[C@H](C(=O)Oc3ccc(-c4ccccc4C(=O)Oc4ccc5c6c(c(C(=O)OC)c(O)c5c4)C=CC(c4ccc(OC)cc4)(c4ccc(OC)cc4)O6)cc3)CC2)CC1. The van der Waals surface area contributed by atoms with E-state index in [-0.39, 0.29) is 34.3 Å². The lowest BCUT2D eigenvalue weighted by molar-refractivity contribution is -0.140. The number of hydrogen-bond acceptors (Lipinski definition) is 10. The highest BCUT2D eigenvalue weighted by Gasteiger charge is 2.40. The Morgan fingerprint density at radius 2 is 1.24 bits per heavy atom. The molecule has 1 aliphatic heterocycles. The maximum atomic E-state index is 14.1. The molecule has 0 spiro atoms. The van der Waals surface area contributed by atoms with Gasteiger partial charge in [0.1, 0.15) is 40.1 Å². The summed E-state index contributed by atoms with van der Waals surface area (Å²) in [4.78, 5) is 40.9. The molecule has 0 atom stereocenters. The molecule has 9 rings (SSSR count). The molecule has 0 amide bonds. The molecule has 1 heterocycles. The number of rotatable bonds is 15. The first-order valence-electron chi connectivity index (χ1n) is 24.8. The van der Waals surface area contributed by atoms with Gasteiger partial charge in [0, 0.05) is 27.5 Å². The Balaban J connectivity index is 0.913. The zero-order valence-electron chi connectivity index (χ0n) is 40.5. The molecule has 0 bridgehead atoms. The number of phenols is 1. The zero-order chi connectivity index (χ0) is 48.8. The van der Waals surface area contributed by atoms with Crippen LogP contribution in [0.25, 0.3) is 28.0 Å². The van der Waals surface area contributed by atoms with Crippen LogP contribution in [0.1, 0.15) is 121 Å². The van der Waals surface area contributed by atoms with Crippen LogP contribution in [0.5, 0.6) is 34.5 Å². The lowest BCUT2D eigenvalue weighted by Crippen LogP contribution is -2.34. The third-order valence-corrected chi connectivity index (χ3v) is 15.0. The third-order valence-electron chi connectivity index (χ3n) is 15.0. The number of hydrogen-bond donors (Lipinski definition) is 1. The van der Waals surface area contributed by atoms with E-state index >= 15 is 0 Å². The molecule has 70 heavy (non-hydrogen) atoms. The van der Waals surface area contributed by atoms with E-state index in [0.29, 0.717) is 45.1 Å². The average molecular weight is 943 g/mol. The van der Waals surface area contributed by atoms with E-state index in [2.05, 4.69) is 6.92 Å². The van der Waals surface area contributed by atoms with Gasteiger partial charge in [0.05, 0.1) is 32.8 Å². The first-order chi connectivity index (χ1) is 34.1. The summed E-state index contributed by atoms with van der Waals surface area (Å²) in [6.45, 7) is 2.27. The first kappa shape index (κ1) is 48.0. The van der Waals surface area contributed by atoms with Crippen LogP contribution < -0.4 is 23.7 Å². The predicted octanol–water partition coefficient (Wildman–Crippen LogP) is 13.7. The van der Waals surface area contributed by atoms with Gasteiger partial charge in [-0.15, -0.1) is 0 Å². The molecule has 362 valence electrons. The van der Waals surface area contributed by atoms with E-state index in [0.717, 1.165) is 60.1 Å². The number of ether oxygens (including phenoxy) is 6. The van der Waals surface area contributed by atoms with Gasteiger partial charge in [-0.1, -0.05) is 100 Å². The molecule has 0 saturated heterocycles. The van der Waals surface area contributed by atoms with Crippen LogP contribution in [0.15, 0.2) is 121 Å². The van der Waals surface area contributed by atoms with Crippen LogP contribution in [-0.2, 0) is 15.1 Å². The van der Waals surface area contributed by atoms with E-state index < -0.39 is 17.5 Å². The number of carbonyl (C=O) groups is 3. The summed E-state index contributed by atoms with van der Waals surface area (Å²) in [5.74, 6) is 2.63. The van der Waals surface area contributed by atoms with E-state index in [4.69, 9.17) is 28.4 Å². The molecule has 2 aliphatic carbocycles. The van der Waals surface area contributed by atoms with Crippen LogP contribution in [0.2, 0.25) is 0 Å². The molecular weight excluding hydrogens is 881 g/mol. The van der Waals surface area contributed by atoms with Crippen molar-refractivity contribution in [2.24, 2.45) is 23.7 Å². The lowest BCUT2D eigenvalue weighted by Gasteiger charge is -2.37. The zero-order valence-corrected chi connectivity index (χ0v) is 40.5. The molecule has 3 aliphatic rings. The molecule has 10 heteroatoms. The minimum atomic E-state index is -1.19. The molecule has 0 radical (unpaired) electrons. The van der Waals surface area contributed by atoms with Gasteiger partial charge in [-0.2, -0.15) is 0 Å². The highest BCUT2D eigenvalue weighted by Crippen LogP contribution is 2.50. The summed E-state index contributed by atoms with van der Waals surface area (Å²) in [7, 11) is 4.44. The van der Waals surface area contributed by atoms with Crippen molar-refractivity contribution in [1.29, 1.82) is 0 Å². The van der Waals surface area contributed by atoms with Crippen LogP contribution in [0.3, 0.4) is 0 Å². The molecule has 0 aromatic heterocycles. The van der Waals surface area contributed by atoms with Crippen molar-refractivity contribution in [2.75, 3.05) is 21.3 Å². The summed E-state index contributed by atoms with van der Waals surface area (Å²) in [6.07, 6.45) is 18.3. The van der Waals surface area contributed by atoms with Crippen LogP contribution in [-0.4, -0.2) is 44.3 Å². The fourth-order valence-electron chi connectivity index (χ4n) is 11.1. The van der Waals surface area contributed by atoms with Gasteiger partial charge in [-0.05, 0) is 140 Å². The summed E-state index contributed by atoms with van der Waals surface area (Å²) >= 11 is 0. The summed E-state index contributed by atoms with van der Waals surface area (Å²) < 4.78 is 35.1. The summed E-state index contributed by atoms with van der Waals surface area (Å²) in [5.41, 5.74) is 2.24. The summed E-state index contributed by atoms with van der Waals surface area (Å²) in [6, 6.07) is 34.2. The largest absolute Gasteiger partial charge is 0.506 e. The third kappa shape index (κ3) is 9.87. The van der Waals surface area contributed by atoms with Gasteiger partial charge in [-0.3, -0.25) is 4.79 Å². The minimum absolute atomic E-state index is 0.0945. The topological polar surface area (TPSA) is 127 Å². The molecule has 1 N–H and O–H groups in total. The summed E-state index contributed by atoms with van der Waals surface area (Å²) in [5, 5.41) is 12.5. The van der Waals surface area contributed by atoms with Crippen molar-refractivity contribution in [3.63, 3.8) is 0 Å². The Kier molecular flexibility index (Phi) is 14.6. The Morgan fingerprint density at radius 1 is 0.643 bits per heavy atom. The Labute approximate surface area is 410 Å². The number of fused-ring (bicyclic) bond motifs is 3. The van der Waals surface area contributed by atoms with E-state index in [1.54, 1.807) is 56.7 Å². The van der Waals surface area contributed by atoms with Gasteiger partial charge < -0.3 is 33.5 Å². The minimum Gasteiger partial charge on any atom is -0.506 e. The van der Waals surface area contributed by atoms with Crippen molar-refractivity contribution in [3.05, 3.63) is 149 Å². The van der Waals surface area contributed by atoms with E-state index in [1.165, 1.54) is 64.5 Å². The van der Waals surface area contributed by atoms with E-state index in [1.807, 2.05) is 78.9 Å². The normalized spacial score (nSPS) is 19.3. The molecule has 0 unspecified atom stereocenters. The lowest BCUT2D eigenvalue weighted by atomic mass is 9.68. The number of aromatic hydroxyl groups is 1. The highest BCUT2D eigenvalue weighted by atomic mass is 16.5. The van der Waals surface area contributed by atoms with Crippen LogP contribution in [0.4, 0.5) is 0 Å². The van der Waals surface area contributed by atoms with Gasteiger partial charge in [0.25, 0.3) is 0 Å². The smallest absolute Gasteiger partial charge is 0.344 e. The standard InChI is InChI=1S/C60H62O10/c1-5-6-7-10-38-13-15-39(16-14-38)40-17-19-42(20-18-40)57(62)68-47-27-21-41(22-28-47)49-11-8-9-12-51(49)58(63)69-48-33-34-50-53(37-48)55(61)54(59(64)67-4)52-35-36-60(70-56(50)52,43-23-29-45(65-2)30-24-43)44-25-31-46(66-3)32-26-44/h8-9,11-12,21-40,42,61H,5-7,10,13-20H2,1-4H3/t38-,39-,40-,42-. The monoisotopic (exact) mass is 942 g/mol. The number of carbonyl (C=O) groups excluding carboxylic acids is 3. The molecule has 10 nitrogen and oxygen atoms in total. The fraction of sp³-hybridized carbons (Fsp3) is 0.350. The molecule has 6 aromatic rings. The number of esters is 3. The average Bonchev–Trinajstić information content (AvgIpc) is 3.41. The van der Waals surface area contributed by atoms with Crippen molar-refractivity contribution in [1.82, 2.24) is 0 Å². The molecular formula is C60H62O10. The number of unbranched alkanes of at least 4 members (excludes halogenated alkanes) is 2. The van der Waals surface area contributed by atoms with Crippen molar-refractivity contribution in [3.8, 4) is 45.6 Å². The van der Waals surface area contributed by atoms with Crippen molar-refractivity contribution >= 4 is 34.8 Å². The first-order valence-corrected chi connectivity index (χ1v) is 24.8. The molecule has 2 saturated carbocycles. The second kappa shape index (κ2) is 21.3. The van der Waals surface area contributed by atoms with Crippen LogP contribution in [0, 0.1) is 23.7 Å². The van der Waals surface area contributed by atoms with Gasteiger partial charge >= 0.3 is 17.9 Å². The number of benzene rings is 6. The van der Waals surface area contributed by atoms with Gasteiger partial charge in [-0.25, -0.2) is 9.59 Å². The molecule has 2 fully saturated rings. The number of methoxy groups -OCH3 is 3. The number of phenolic OH excluding ortho intramolecular Hbond substituents is 1. The van der Waals surface area contributed by atoms with Crippen molar-refractivity contribution in [2.45, 2.75) is 89.6 Å². The second-order valence-corrected chi connectivity index (χ2v) is 19.1. The van der Waals surface area contributed by atoms with Gasteiger partial charge in [0.2, 0.25) is 0 Å². The Bertz CT molecular complexity index is 2800. The highest BCUT2D eigenvalue weighted by molar-refractivity contribution is 6.09. The maximum Gasteiger partial charge on any atom is 0.344 e. The second-order valence-electron chi connectivity index (χ2n) is 19.1. The molecule has 6 aromatic carbocycles. The van der Waals surface area contributed by atoms with Gasteiger partial charge in [0.15, 0.2) is 5.60 Å². The predicted molar refractivity (Wildman–Crippen MR) is 271 cm³/mol. The Morgan fingerprint density at radius 3 is 1.86 bits per heavy atom. The van der Waals surface area contributed by atoms with Crippen LogP contribution >= 0.6 is 0 Å². The quantitative estimate of drug-likeness (QED) is 0.0604. The fourth-order valence-corrected chi connectivity index (χ4v) is 11.1.